The average molecular weight is 414 g/mol. The minimum Gasteiger partial charge on any atom is -0.306 e. The molecule has 0 aromatic heterocycles. The number of nitro benzene ring substituents is 1. The van der Waals surface area contributed by atoms with Crippen molar-refractivity contribution in [2.24, 2.45) is 0 Å². The largest absolute Gasteiger partial charge is 0.306 e. The molecule has 0 aliphatic carbocycles. The van der Waals surface area contributed by atoms with Gasteiger partial charge in [-0.1, -0.05) is 44.0 Å². The highest BCUT2D eigenvalue weighted by Crippen LogP contribution is 2.24. The zero-order valence-corrected chi connectivity index (χ0v) is 14.5. The van der Waals surface area contributed by atoms with Gasteiger partial charge in [0.25, 0.3) is 5.69 Å². The molecule has 0 radical (unpaired) electrons. The number of hydrogen-bond acceptors (Lipinski definition) is 3. The Labute approximate surface area is 140 Å². The molecule has 2 aromatic carbocycles. The molecular weight excluding hydrogens is 400 g/mol. The predicted octanol–water partition coefficient (Wildman–Crippen LogP) is 4.97. The van der Waals surface area contributed by atoms with Gasteiger partial charge >= 0.3 is 0 Å². The normalized spacial score (nSPS) is 12.1. The van der Waals surface area contributed by atoms with Crippen LogP contribution in [0.2, 0.25) is 0 Å². The van der Waals surface area contributed by atoms with Crippen LogP contribution in [0.4, 0.5) is 5.69 Å². The van der Waals surface area contributed by atoms with Gasteiger partial charge in [-0.2, -0.15) is 0 Å². The number of halogens is 2. The van der Waals surface area contributed by atoms with Crippen molar-refractivity contribution in [1.82, 2.24) is 5.32 Å². The molecule has 0 heterocycles. The monoisotopic (exact) mass is 412 g/mol. The van der Waals surface area contributed by atoms with Gasteiger partial charge in [0, 0.05) is 33.7 Å². The molecule has 0 aliphatic rings. The van der Waals surface area contributed by atoms with Gasteiger partial charge in [0.05, 0.1) is 4.92 Å². The predicted molar refractivity (Wildman–Crippen MR) is 90.2 cm³/mol. The molecule has 1 unspecified atom stereocenters. The third-order valence-corrected chi connectivity index (χ3v) is 4.48. The summed E-state index contributed by atoms with van der Waals surface area (Å²) in [6.07, 6.45) is 0. The van der Waals surface area contributed by atoms with E-state index in [1.807, 2.05) is 12.1 Å². The van der Waals surface area contributed by atoms with E-state index in [2.05, 4.69) is 56.2 Å². The maximum Gasteiger partial charge on any atom is 0.270 e. The summed E-state index contributed by atoms with van der Waals surface area (Å²) in [5, 5.41) is 14.1. The van der Waals surface area contributed by atoms with E-state index in [0.717, 1.165) is 14.5 Å². The summed E-state index contributed by atoms with van der Waals surface area (Å²) in [6.45, 7) is 2.72. The Balaban J connectivity index is 2.02. The van der Waals surface area contributed by atoms with E-state index in [-0.39, 0.29) is 11.7 Å². The smallest absolute Gasteiger partial charge is 0.270 e. The molecule has 1 atom stereocenters. The lowest BCUT2D eigenvalue weighted by Crippen LogP contribution is -2.18. The second-order valence-corrected chi connectivity index (χ2v) is 6.46. The van der Waals surface area contributed by atoms with Crippen molar-refractivity contribution in [1.29, 1.82) is 0 Å². The zero-order valence-electron chi connectivity index (χ0n) is 11.3. The molecule has 4 nitrogen and oxygen atoms in total. The van der Waals surface area contributed by atoms with Crippen molar-refractivity contribution in [3.63, 3.8) is 0 Å². The third kappa shape index (κ3) is 4.36. The highest BCUT2D eigenvalue weighted by molar-refractivity contribution is 9.10. The van der Waals surface area contributed by atoms with Gasteiger partial charge in [-0.05, 0) is 36.2 Å². The van der Waals surface area contributed by atoms with Crippen LogP contribution in [0, 0.1) is 10.1 Å². The number of nitrogens with one attached hydrogen (secondary N) is 1. The van der Waals surface area contributed by atoms with Crippen LogP contribution >= 0.6 is 31.9 Å². The third-order valence-electron chi connectivity index (χ3n) is 3.22. The first-order valence-corrected chi connectivity index (χ1v) is 7.97. The summed E-state index contributed by atoms with van der Waals surface area (Å²) in [7, 11) is 0. The fourth-order valence-corrected chi connectivity index (χ4v) is 2.70. The van der Waals surface area contributed by atoms with E-state index in [1.54, 1.807) is 6.07 Å². The second-order valence-electron chi connectivity index (χ2n) is 4.69. The van der Waals surface area contributed by atoms with Crippen LogP contribution in [0.25, 0.3) is 0 Å². The maximum atomic E-state index is 10.7. The van der Waals surface area contributed by atoms with Crippen molar-refractivity contribution >= 4 is 37.5 Å². The number of non-ortho nitro benzene ring substituents is 1. The van der Waals surface area contributed by atoms with Crippen molar-refractivity contribution in [2.45, 2.75) is 19.5 Å². The summed E-state index contributed by atoms with van der Waals surface area (Å²) < 4.78 is 1.80. The van der Waals surface area contributed by atoms with Gasteiger partial charge in [-0.3, -0.25) is 10.1 Å². The van der Waals surface area contributed by atoms with Crippen molar-refractivity contribution in [3.8, 4) is 0 Å². The van der Waals surface area contributed by atoms with E-state index in [4.69, 9.17) is 0 Å². The van der Waals surface area contributed by atoms with Crippen LogP contribution in [-0.2, 0) is 6.54 Å². The van der Waals surface area contributed by atoms with Crippen LogP contribution in [0.15, 0.2) is 51.4 Å². The molecule has 0 bridgehead atoms. The second kappa shape index (κ2) is 7.15. The number of benzene rings is 2. The van der Waals surface area contributed by atoms with Crippen LogP contribution in [0.3, 0.4) is 0 Å². The Morgan fingerprint density at radius 3 is 2.43 bits per heavy atom. The summed E-state index contributed by atoms with van der Waals surface area (Å²) in [4.78, 5) is 10.3. The Bertz CT molecular complexity index is 645. The molecule has 21 heavy (non-hydrogen) atoms. The average Bonchev–Trinajstić information content (AvgIpc) is 2.46. The Hall–Kier alpha value is -1.24. The van der Waals surface area contributed by atoms with E-state index < -0.39 is 4.92 Å². The van der Waals surface area contributed by atoms with Crippen molar-refractivity contribution in [2.75, 3.05) is 0 Å². The van der Waals surface area contributed by atoms with E-state index >= 15 is 0 Å². The maximum absolute atomic E-state index is 10.7. The van der Waals surface area contributed by atoms with Crippen molar-refractivity contribution < 1.29 is 4.92 Å². The highest BCUT2D eigenvalue weighted by atomic mass is 79.9. The van der Waals surface area contributed by atoms with Crippen LogP contribution in [0.1, 0.15) is 24.1 Å². The zero-order chi connectivity index (χ0) is 15.4. The molecule has 110 valence electrons. The SMILES string of the molecule is CC(NCc1ccc([N+](=O)[O-])cc1Br)c1ccc(Br)cc1. The molecule has 2 rings (SSSR count). The first-order chi connectivity index (χ1) is 9.97. The number of nitro groups is 1. The standard InChI is InChI=1S/C15H14Br2N2O2/c1-10(11-2-5-13(16)6-3-11)18-9-12-4-7-14(19(20)21)8-15(12)17/h2-8,10,18H,9H2,1H3. The molecule has 0 fully saturated rings. The lowest BCUT2D eigenvalue weighted by atomic mass is 10.1. The van der Waals surface area contributed by atoms with Gasteiger partial charge in [-0.25, -0.2) is 0 Å². The summed E-state index contributed by atoms with van der Waals surface area (Å²) in [6, 6.07) is 13.2. The fraction of sp³-hybridized carbons (Fsp3) is 0.200. The summed E-state index contributed by atoms with van der Waals surface area (Å²) >= 11 is 6.80. The minimum absolute atomic E-state index is 0.0894. The fourth-order valence-electron chi connectivity index (χ4n) is 1.93. The highest BCUT2D eigenvalue weighted by Gasteiger charge is 2.10. The van der Waals surface area contributed by atoms with E-state index in [9.17, 15) is 10.1 Å². The molecule has 2 aromatic rings. The molecular formula is C15H14Br2N2O2. The molecule has 0 amide bonds. The van der Waals surface area contributed by atoms with Gasteiger partial charge in [0.15, 0.2) is 0 Å². The molecule has 0 saturated heterocycles. The summed E-state index contributed by atoms with van der Waals surface area (Å²) in [5.41, 5.74) is 2.27. The van der Waals surface area contributed by atoms with E-state index in [1.165, 1.54) is 17.7 Å². The summed E-state index contributed by atoms with van der Waals surface area (Å²) in [5.74, 6) is 0. The van der Waals surface area contributed by atoms with E-state index in [0.29, 0.717) is 6.54 Å². The lowest BCUT2D eigenvalue weighted by molar-refractivity contribution is -0.384. The molecule has 6 heteroatoms. The number of rotatable bonds is 5. The van der Waals surface area contributed by atoms with Gasteiger partial charge in [-0.15, -0.1) is 0 Å². The number of hydrogen-bond donors (Lipinski definition) is 1. The molecule has 0 spiro atoms. The van der Waals surface area contributed by atoms with Crippen LogP contribution < -0.4 is 5.32 Å². The molecule has 0 saturated carbocycles. The van der Waals surface area contributed by atoms with Crippen LogP contribution in [0.5, 0.6) is 0 Å². The lowest BCUT2D eigenvalue weighted by Gasteiger charge is -2.15. The Morgan fingerprint density at radius 2 is 1.86 bits per heavy atom. The van der Waals surface area contributed by atoms with Crippen LogP contribution in [-0.4, -0.2) is 4.92 Å². The van der Waals surface area contributed by atoms with Gasteiger partial charge < -0.3 is 5.32 Å². The minimum atomic E-state index is -0.396. The number of nitrogens with zero attached hydrogens (tertiary/aromatic N) is 1. The Morgan fingerprint density at radius 1 is 1.19 bits per heavy atom. The van der Waals surface area contributed by atoms with Gasteiger partial charge in [0.2, 0.25) is 0 Å². The first-order valence-electron chi connectivity index (χ1n) is 6.39. The van der Waals surface area contributed by atoms with Gasteiger partial charge in [0.1, 0.15) is 0 Å². The molecule has 1 N–H and O–H groups in total. The molecule has 0 aliphatic heterocycles. The first kappa shape index (κ1) is 16.1. The quantitative estimate of drug-likeness (QED) is 0.556. The van der Waals surface area contributed by atoms with Crippen molar-refractivity contribution in [3.05, 3.63) is 72.7 Å². The topological polar surface area (TPSA) is 55.2 Å². The Kier molecular flexibility index (Phi) is 5.50.